The first-order chi connectivity index (χ1) is 11.4. The minimum atomic E-state index is -3.67. The van der Waals surface area contributed by atoms with Gasteiger partial charge >= 0.3 is 0 Å². The predicted molar refractivity (Wildman–Crippen MR) is 95.8 cm³/mol. The molecule has 0 radical (unpaired) electrons. The van der Waals surface area contributed by atoms with Crippen LogP contribution < -0.4 is 5.14 Å². The van der Waals surface area contributed by atoms with E-state index in [0.717, 1.165) is 11.1 Å². The first kappa shape index (κ1) is 19.5. The quantitative estimate of drug-likeness (QED) is 0.868. The molecular formula is C18H23FN2O3S. The van der Waals surface area contributed by atoms with Gasteiger partial charge in [0.05, 0.1) is 0 Å². The fourth-order valence-electron chi connectivity index (χ4n) is 3.55. The van der Waals surface area contributed by atoms with Crippen LogP contribution in [0, 0.1) is 5.92 Å². The van der Waals surface area contributed by atoms with Crippen molar-refractivity contribution in [1.82, 2.24) is 4.31 Å². The summed E-state index contributed by atoms with van der Waals surface area (Å²) in [6.45, 7) is 0.650. The zero-order valence-corrected chi connectivity index (χ0v) is 14.6. The van der Waals surface area contributed by atoms with Crippen LogP contribution >= 0.6 is 0 Å². The van der Waals surface area contributed by atoms with Gasteiger partial charge in [-0.05, 0) is 29.9 Å². The summed E-state index contributed by atoms with van der Waals surface area (Å²) in [5.74, 6) is -0.0831. The summed E-state index contributed by atoms with van der Waals surface area (Å²) in [5, 5.41) is 16.9. The summed E-state index contributed by atoms with van der Waals surface area (Å²) in [5.41, 5.74) is 0.503. The van der Waals surface area contributed by atoms with Gasteiger partial charge in [0.15, 0.2) is 0 Å². The van der Waals surface area contributed by atoms with E-state index in [4.69, 9.17) is 5.14 Å². The molecule has 0 atom stereocenters. The molecule has 2 aromatic carbocycles. The summed E-state index contributed by atoms with van der Waals surface area (Å²) >= 11 is 0. The predicted octanol–water partition coefficient (Wildman–Crippen LogP) is 1.99. The van der Waals surface area contributed by atoms with Crippen LogP contribution in [0.25, 0.3) is 0 Å². The summed E-state index contributed by atoms with van der Waals surface area (Å²) in [4.78, 5) is 0. The minimum absolute atomic E-state index is 0. The molecule has 0 bridgehead atoms. The Morgan fingerprint density at radius 1 is 0.920 bits per heavy atom. The van der Waals surface area contributed by atoms with Crippen LogP contribution in [-0.2, 0) is 15.8 Å². The second kappa shape index (κ2) is 7.61. The van der Waals surface area contributed by atoms with Crippen LogP contribution in [0.15, 0.2) is 60.7 Å². The average molecular weight is 366 g/mol. The number of hydrogen-bond acceptors (Lipinski definition) is 3. The van der Waals surface area contributed by atoms with Crippen LogP contribution in [0.2, 0.25) is 0 Å². The van der Waals surface area contributed by atoms with Gasteiger partial charge in [0.2, 0.25) is 0 Å². The van der Waals surface area contributed by atoms with E-state index in [2.05, 4.69) is 0 Å². The standard InChI is InChI=1S/C18H22N2O3S.FH/c19-24(22,23)20-13-11-17(12-14-20)18(21,15-7-3-1-4-8-15)16-9-5-2-6-10-16;/h1-10,17,21H,11-14H2,(H2,19,22,23);1H. The van der Waals surface area contributed by atoms with Gasteiger partial charge in [-0.2, -0.15) is 12.7 Å². The number of nitrogens with zero attached hydrogens (tertiary/aromatic N) is 1. The van der Waals surface area contributed by atoms with Gasteiger partial charge in [0.1, 0.15) is 5.60 Å². The number of nitrogens with two attached hydrogens (primary N) is 1. The zero-order chi connectivity index (χ0) is 17.2. The molecule has 3 rings (SSSR count). The van der Waals surface area contributed by atoms with Crippen molar-refractivity contribution in [1.29, 1.82) is 0 Å². The number of aliphatic hydroxyl groups is 1. The van der Waals surface area contributed by atoms with Gasteiger partial charge in [-0.15, -0.1) is 0 Å². The Morgan fingerprint density at radius 2 is 1.32 bits per heavy atom. The first-order valence-electron chi connectivity index (χ1n) is 8.03. The molecule has 0 spiro atoms. The van der Waals surface area contributed by atoms with E-state index in [0.29, 0.717) is 25.9 Å². The van der Waals surface area contributed by atoms with Gasteiger partial charge < -0.3 is 5.11 Å². The maximum Gasteiger partial charge on any atom is 0.276 e. The third-order valence-corrected chi connectivity index (χ3v) is 5.92. The number of hydrogen-bond donors (Lipinski definition) is 2. The van der Waals surface area contributed by atoms with E-state index >= 15 is 0 Å². The topological polar surface area (TPSA) is 83.6 Å². The van der Waals surface area contributed by atoms with Crippen molar-refractivity contribution in [2.75, 3.05) is 13.1 Å². The molecule has 1 saturated heterocycles. The Labute approximate surface area is 147 Å². The van der Waals surface area contributed by atoms with Crippen molar-refractivity contribution < 1.29 is 18.2 Å². The molecule has 5 nitrogen and oxygen atoms in total. The number of rotatable bonds is 4. The molecule has 2 aromatic rings. The average Bonchev–Trinajstić information content (AvgIpc) is 2.62. The van der Waals surface area contributed by atoms with E-state index in [1.807, 2.05) is 60.7 Å². The molecule has 25 heavy (non-hydrogen) atoms. The van der Waals surface area contributed by atoms with Crippen molar-refractivity contribution in [2.24, 2.45) is 11.1 Å². The lowest BCUT2D eigenvalue weighted by Crippen LogP contribution is -2.47. The molecule has 0 unspecified atom stereocenters. The third-order valence-electron chi connectivity index (χ3n) is 4.83. The number of piperidine rings is 1. The second-order valence-electron chi connectivity index (χ2n) is 6.22. The van der Waals surface area contributed by atoms with Crippen molar-refractivity contribution in [3.05, 3.63) is 71.8 Å². The Kier molecular flexibility index (Phi) is 5.95. The molecular weight excluding hydrogens is 343 g/mol. The van der Waals surface area contributed by atoms with Crippen molar-refractivity contribution in [3.63, 3.8) is 0 Å². The van der Waals surface area contributed by atoms with Gasteiger partial charge in [0, 0.05) is 13.1 Å². The van der Waals surface area contributed by atoms with E-state index in [1.54, 1.807) is 0 Å². The second-order valence-corrected chi connectivity index (χ2v) is 7.76. The van der Waals surface area contributed by atoms with Crippen molar-refractivity contribution in [2.45, 2.75) is 18.4 Å². The van der Waals surface area contributed by atoms with Crippen LogP contribution in [0.3, 0.4) is 0 Å². The number of benzene rings is 2. The highest BCUT2D eigenvalue weighted by Gasteiger charge is 2.42. The van der Waals surface area contributed by atoms with Crippen LogP contribution in [0.4, 0.5) is 4.70 Å². The van der Waals surface area contributed by atoms with Gasteiger partial charge in [0.25, 0.3) is 10.2 Å². The molecule has 1 aliphatic rings. The maximum atomic E-state index is 11.7. The number of halogens is 1. The summed E-state index contributed by atoms with van der Waals surface area (Å²) < 4.78 is 24.3. The lowest BCUT2D eigenvalue weighted by atomic mass is 9.72. The Hall–Kier alpha value is -1.80. The van der Waals surface area contributed by atoms with Gasteiger partial charge in [-0.1, -0.05) is 60.7 Å². The zero-order valence-electron chi connectivity index (χ0n) is 13.8. The van der Waals surface area contributed by atoms with E-state index in [1.165, 1.54) is 4.31 Å². The normalized spacial score (nSPS) is 17.0. The first-order valence-corrected chi connectivity index (χ1v) is 9.54. The lowest BCUT2D eigenvalue weighted by molar-refractivity contribution is -0.00531. The molecule has 0 saturated carbocycles. The van der Waals surface area contributed by atoms with Crippen molar-refractivity contribution in [3.8, 4) is 0 Å². The summed E-state index contributed by atoms with van der Waals surface area (Å²) in [6, 6.07) is 19.1. The van der Waals surface area contributed by atoms with E-state index in [-0.39, 0.29) is 10.6 Å². The van der Waals surface area contributed by atoms with Crippen LogP contribution in [0.1, 0.15) is 24.0 Å². The summed E-state index contributed by atoms with van der Waals surface area (Å²) in [6.07, 6.45) is 1.10. The van der Waals surface area contributed by atoms with E-state index in [9.17, 15) is 13.5 Å². The molecule has 7 heteroatoms. The highest BCUT2D eigenvalue weighted by molar-refractivity contribution is 7.86. The Bertz CT molecular complexity index is 737. The molecule has 0 amide bonds. The van der Waals surface area contributed by atoms with Gasteiger partial charge in [-0.3, -0.25) is 4.70 Å². The minimum Gasteiger partial charge on any atom is -0.380 e. The monoisotopic (exact) mass is 366 g/mol. The molecule has 0 aromatic heterocycles. The fourth-order valence-corrected chi connectivity index (χ4v) is 4.27. The van der Waals surface area contributed by atoms with Crippen molar-refractivity contribution >= 4 is 10.2 Å². The largest absolute Gasteiger partial charge is 0.380 e. The molecule has 1 heterocycles. The van der Waals surface area contributed by atoms with E-state index < -0.39 is 15.8 Å². The molecule has 1 aliphatic heterocycles. The van der Waals surface area contributed by atoms with Crippen LogP contribution in [0.5, 0.6) is 0 Å². The molecule has 1 fully saturated rings. The van der Waals surface area contributed by atoms with Crippen LogP contribution in [-0.4, -0.2) is 30.9 Å². The Morgan fingerprint density at radius 3 is 1.68 bits per heavy atom. The third kappa shape index (κ3) is 3.90. The lowest BCUT2D eigenvalue weighted by Gasteiger charge is -2.41. The fraction of sp³-hybridized carbons (Fsp3) is 0.333. The highest BCUT2D eigenvalue weighted by Crippen LogP contribution is 2.41. The SMILES string of the molecule is F.NS(=O)(=O)N1CCC(C(O)(c2ccccc2)c2ccccc2)CC1. The molecule has 136 valence electrons. The maximum absolute atomic E-state index is 11.7. The van der Waals surface area contributed by atoms with Gasteiger partial charge in [-0.25, -0.2) is 5.14 Å². The molecule has 0 aliphatic carbocycles. The molecule has 3 N–H and O–H groups in total. The Balaban J connectivity index is 0.00000225. The smallest absolute Gasteiger partial charge is 0.276 e. The highest BCUT2D eigenvalue weighted by atomic mass is 32.2. The summed E-state index contributed by atoms with van der Waals surface area (Å²) in [7, 11) is -3.67.